The smallest absolute Gasteiger partial charge is 0.343 e. The van der Waals surface area contributed by atoms with Crippen molar-refractivity contribution in [3.63, 3.8) is 0 Å². The Morgan fingerprint density at radius 1 is 0.775 bits per heavy atom. The number of hydrazone groups is 1. The van der Waals surface area contributed by atoms with E-state index < -0.39 is 16.8 Å². The molecule has 0 aliphatic rings. The lowest BCUT2D eigenvalue weighted by Crippen LogP contribution is -2.18. The van der Waals surface area contributed by atoms with Crippen molar-refractivity contribution in [2.75, 3.05) is 5.32 Å². The summed E-state index contributed by atoms with van der Waals surface area (Å²) in [5.41, 5.74) is 5.79. The first-order chi connectivity index (χ1) is 19.2. The van der Waals surface area contributed by atoms with Crippen LogP contribution in [0.5, 0.6) is 5.75 Å². The maximum atomic E-state index is 12.6. The third-order valence-corrected chi connectivity index (χ3v) is 5.78. The summed E-state index contributed by atoms with van der Waals surface area (Å²) < 4.78 is 5.43. The summed E-state index contributed by atoms with van der Waals surface area (Å²) in [6.45, 7) is 3.81. The molecule has 2 N–H and O–H groups in total. The Hall–Kier alpha value is -5.64. The van der Waals surface area contributed by atoms with Crippen molar-refractivity contribution < 1.29 is 24.0 Å². The van der Waals surface area contributed by atoms with Gasteiger partial charge in [-0.2, -0.15) is 5.10 Å². The topological polar surface area (TPSA) is 140 Å². The Labute approximate surface area is 229 Å². The van der Waals surface area contributed by atoms with Gasteiger partial charge in [0.1, 0.15) is 5.75 Å². The van der Waals surface area contributed by atoms with E-state index in [-0.39, 0.29) is 28.5 Å². The van der Waals surface area contributed by atoms with Crippen LogP contribution in [0.25, 0.3) is 0 Å². The first kappa shape index (κ1) is 27.4. The Balaban J connectivity index is 1.42. The number of ether oxygens (including phenoxy) is 1. The second kappa shape index (κ2) is 12.3. The highest BCUT2D eigenvalue weighted by Crippen LogP contribution is 2.24. The highest BCUT2D eigenvalue weighted by atomic mass is 16.6. The zero-order valence-electron chi connectivity index (χ0n) is 21.6. The maximum Gasteiger partial charge on any atom is 0.343 e. The Kier molecular flexibility index (Phi) is 8.40. The standard InChI is InChI=1S/C30H24N4O6/c1-19-3-7-21(8-4-19)28(35)32-25-13-11-22(12-14-25)29(36)33-31-18-24-17-26(34(38)39)15-16-27(24)40-30(37)23-9-5-20(2)6-10-23/h3-18H,1-2H3,(H,32,35)(H,33,36)/b31-18+. The fraction of sp³-hybridized carbons (Fsp3) is 0.0667. The summed E-state index contributed by atoms with van der Waals surface area (Å²) >= 11 is 0. The van der Waals surface area contributed by atoms with E-state index in [4.69, 9.17) is 4.74 Å². The first-order valence-electron chi connectivity index (χ1n) is 12.1. The fourth-order valence-corrected chi connectivity index (χ4v) is 3.53. The number of nitro benzene ring substituents is 1. The lowest BCUT2D eigenvalue weighted by molar-refractivity contribution is -0.384. The van der Waals surface area contributed by atoms with E-state index in [0.717, 1.165) is 17.3 Å². The van der Waals surface area contributed by atoms with Crippen molar-refractivity contribution in [3.8, 4) is 5.75 Å². The molecule has 10 nitrogen and oxygen atoms in total. The number of esters is 1. The number of hydrogen-bond donors (Lipinski definition) is 2. The van der Waals surface area contributed by atoms with E-state index in [1.54, 1.807) is 48.5 Å². The quantitative estimate of drug-likeness (QED) is 0.101. The van der Waals surface area contributed by atoms with Crippen LogP contribution in [0.2, 0.25) is 0 Å². The second-order valence-corrected chi connectivity index (χ2v) is 8.83. The molecule has 200 valence electrons. The van der Waals surface area contributed by atoms with Gasteiger partial charge in [-0.3, -0.25) is 19.7 Å². The summed E-state index contributed by atoms with van der Waals surface area (Å²) in [6.07, 6.45) is 1.15. The van der Waals surface area contributed by atoms with Crippen LogP contribution in [0, 0.1) is 24.0 Å². The van der Waals surface area contributed by atoms with Crippen LogP contribution < -0.4 is 15.5 Å². The highest BCUT2D eigenvalue weighted by molar-refractivity contribution is 6.04. The molecule has 0 aromatic heterocycles. The summed E-state index contributed by atoms with van der Waals surface area (Å²) in [7, 11) is 0. The van der Waals surface area contributed by atoms with Gasteiger partial charge in [0.15, 0.2) is 0 Å². The zero-order chi connectivity index (χ0) is 28.6. The van der Waals surface area contributed by atoms with Gasteiger partial charge in [-0.15, -0.1) is 0 Å². The number of rotatable bonds is 8. The molecule has 0 bridgehead atoms. The number of carbonyl (C=O) groups is 3. The van der Waals surface area contributed by atoms with Crippen LogP contribution in [-0.4, -0.2) is 28.9 Å². The van der Waals surface area contributed by atoms with Crippen molar-refractivity contribution in [1.82, 2.24) is 5.43 Å². The van der Waals surface area contributed by atoms with Crippen molar-refractivity contribution >= 4 is 35.4 Å². The van der Waals surface area contributed by atoms with E-state index in [0.29, 0.717) is 16.8 Å². The van der Waals surface area contributed by atoms with Gasteiger partial charge in [-0.05, 0) is 68.4 Å². The monoisotopic (exact) mass is 536 g/mol. The molecule has 0 spiro atoms. The van der Waals surface area contributed by atoms with Gasteiger partial charge in [0.25, 0.3) is 17.5 Å². The summed E-state index contributed by atoms with van der Waals surface area (Å²) in [5, 5.41) is 17.9. The summed E-state index contributed by atoms with van der Waals surface area (Å²) in [5.74, 6) is -1.46. The summed E-state index contributed by atoms with van der Waals surface area (Å²) in [4.78, 5) is 48.2. The van der Waals surface area contributed by atoms with Crippen LogP contribution >= 0.6 is 0 Å². The molecule has 4 aromatic carbocycles. The third kappa shape index (κ3) is 7.01. The molecule has 0 fully saturated rings. The van der Waals surface area contributed by atoms with Crippen LogP contribution in [-0.2, 0) is 0 Å². The number of anilines is 1. The predicted octanol–water partition coefficient (Wildman–Crippen LogP) is 5.45. The van der Waals surface area contributed by atoms with Gasteiger partial charge in [0.05, 0.1) is 16.7 Å². The molecule has 2 amide bonds. The van der Waals surface area contributed by atoms with Crippen molar-refractivity contribution in [2.24, 2.45) is 5.10 Å². The minimum absolute atomic E-state index is 0.0304. The molecule has 0 heterocycles. The van der Waals surface area contributed by atoms with Gasteiger partial charge in [-0.25, -0.2) is 10.2 Å². The molecule has 0 aliphatic carbocycles. The van der Waals surface area contributed by atoms with E-state index in [2.05, 4.69) is 15.8 Å². The molecule has 10 heteroatoms. The number of benzene rings is 4. The normalized spacial score (nSPS) is 10.7. The van der Waals surface area contributed by atoms with Crippen molar-refractivity contribution in [1.29, 1.82) is 0 Å². The summed E-state index contributed by atoms with van der Waals surface area (Å²) in [6, 6.07) is 23.7. The maximum absolute atomic E-state index is 12.6. The molecule has 0 unspecified atom stereocenters. The van der Waals surface area contributed by atoms with Gasteiger partial charge in [-0.1, -0.05) is 35.4 Å². The zero-order valence-corrected chi connectivity index (χ0v) is 21.6. The molecule has 0 saturated carbocycles. The number of amides is 2. The SMILES string of the molecule is Cc1ccc(C(=O)Nc2ccc(C(=O)N/N=C/c3cc([N+](=O)[O-])ccc3OC(=O)c3ccc(C)cc3)cc2)cc1. The Bertz CT molecular complexity index is 1600. The van der Waals surface area contributed by atoms with Crippen LogP contribution in [0.15, 0.2) is 96.1 Å². The lowest BCUT2D eigenvalue weighted by Gasteiger charge is -2.08. The molecule has 40 heavy (non-hydrogen) atoms. The average molecular weight is 537 g/mol. The van der Waals surface area contributed by atoms with E-state index in [1.807, 2.05) is 26.0 Å². The number of carbonyl (C=O) groups excluding carboxylic acids is 3. The number of nitrogens with one attached hydrogen (secondary N) is 2. The molecule has 0 aliphatic heterocycles. The number of nitrogens with zero attached hydrogens (tertiary/aromatic N) is 2. The van der Waals surface area contributed by atoms with Gasteiger partial charge < -0.3 is 10.1 Å². The molecule has 4 aromatic rings. The Morgan fingerprint density at radius 2 is 1.32 bits per heavy atom. The van der Waals surface area contributed by atoms with Crippen molar-refractivity contribution in [2.45, 2.75) is 13.8 Å². The van der Waals surface area contributed by atoms with Gasteiger partial charge >= 0.3 is 5.97 Å². The van der Waals surface area contributed by atoms with E-state index in [1.165, 1.54) is 30.3 Å². The van der Waals surface area contributed by atoms with E-state index in [9.17, 15) is 24.5 Å². The minimum Gasteiger partial charge on any atom is -0.422 e. The minimum atomic E-state index is -0.651. The van der Waals surface area contributed by atoms with Crippen LogP contribution in [0.4, 0.5) is 11.4 Å². The van der Waals surface area contributed by atoms with Crippen molar-refractivity contribution in [3.05, 3.63) is 134 Å². The number of non-ortho nitro benzene ring substituents is 1. The number of nitro groups is 1. The molecule has 0 saturated heterocycles. The average Bonchev–Trinajstić information content (AvgIpc) is 2.94. The highest BCUT2D eigenvalue weighted by Gasteiger charge is 2.15. The molecule has 0 atom stereocenters. The van der Waals surface area contributed by atoms with Crippen LogP contribution in [0.3, 0.4) is 0 Å². The second-order valence-electron chi connectivity index (χ2n) is 8.83. The molecular weight excluding hydrogens is 512 g/mol. The largest absolute Gasteiger partial charge is 0.422 e. The molecule has 4 rings (SSSR count). The predicted molar refractivity (Wildman–Crippen MR) is 150 cm³/mol. The first-order valence-corrected chi connectivity index (χ1v) is 12.1. The molecule has 0 radical (unpaired) electrons. The molecular formula is C30H24N4O6. The Morgan fingerprint density at radius 3 is 1.93 bits per heavy atom. The number of hydrogen-bond acceptors (Lipinski definition) is 7. The fourth-order valence-electron chi connectivity index (χ4n) is 3.53. The third-order valence-electron chi connectivity index (χ3n) is 5.78. The van der Waals surface area contributed by atoms with E-state index >= 15 is 0 Å². The van der Waals surface area contributed by atoms with Crippen LogP contribution in [0.1, 0.15) is 47.8 Å². The lowest BCUT2D eigenvalue weighted by atomic mass is 10.1. The van der Waals surface area contributed by atoms with Gasteiger partial charge in [0, 0.05) is 34.5 Å². The van der Waals surface area contributed by atoms with Gasteiger partial charge in [0.2, 0.25) is 0 Å². The number of aryl methyl sites for hydroxylation is 2.